The Morgan fingerprint density at radius 3 is 2.72 bits per heavy atom. The van der Waals surface area contributed by atoms with Crippen molar-refractivity contribution >= 4 is 17.3 Å². The number of rotatable bonds is 5. The molecule has 6 heteroatoms. The number of non-ortho nitro benzene ring substituents is 1. The molecule has 6 nitrogen and oxygen atoms in total. The number of aliphatic carboxylic acids is 1. The van der Waals surface area contributed by atoms with Gasteiger partial charge in [0, 0.05) is 23.4 Å². The third-order valence-electron chi connectivity index (χ3n) is 3.27. The fourth-order valence-corrected chi connectivity index (χ4v) is 2.24. The van der Waals surface area contributed by atoms with Gasteiger partial charge in [-0.05, 0) is 25.3 Å². The number of benzene rings is 1. The number of hydrogen-bond donors (Lipinski definition) is 2. The largest absolute Gasteiger partial charge is 0.481 e. The molecular formula is C12H14N2O4. The predicted octanol–water partition coefficient (Wildman–Crippen LogP) is 2.40. The van der Waals surface area contributed by atoms with Gasteiger partial charge in [-0.1, -0.05) is 6.07 Å². The minimum atomic E-state index is -0.854. The molecule has 0 amide bonds. The highest BCUT2D eigenvalue weighted by molar-refractivity contribution is 5.70. The summed E-state index contributed by atoms with van der Waals surface area (Å²) >= 11 is 0. The molecular weight excluding hydrogens is 236 g/mol. The first-order valence-electron chi connectivity index (χ1n) is 5.75. The van der Waals surface area contributed by atoms with E-state index in [1.54, 1.807) is 12.1 Å². The first-order chi connectivity index (χ1) is 8.51. The van der Waals surface area contributed by atoms with E-state index >= 15 is 0 Å². The summed E-state index contributed by atoms with van der Waals surface area (Å²) in [5.74, 6) is -0.854. The lowest BCUT2D eigenvalue weighted by Gasteiger charge is -2.42. The Hall–Kier alpha value is -2.11. The molecule has 0 unspecified atom stereocenters. The van der Waals surface area contributed by atoms with Crippen molar-refractivity contribution in [2.24, 2.45) is 0 Å². The molecule has 1 aromatic carbocycles. The maximum absolute atomic E-state index is 10.8. The maximum atomic E-state index is 10.8. The second-order valence-corrected chi connectivity index (χ2v) is 4.64. The van der Waals surface area contributed by atoms with Gasteiger partial charge in [0.2, 0.25) is 0 Å². The summed E-state index contributed by atoms with van der Waals surface area (Å²) in [5.41, 5.74) is 0.163. The molecule has 2 rings (SSSR count). The molecule has 0 bridgehead atoms. The van der Waals surface area contributed by atoms with Crippen molar-refractivity contribution in [2.75, 3.05) is 5.32 Å². The molecule has 1 aliphatic carbocycles. The maximum Gasteiger partial charge on any atom is 0.305 e. The summed E-state index contributed by atoms with van der Waals surface area (Å²) in [4.78, 5) is 21.0. The van der Waals surface area contributed by atoms with Crippen LogP contribution in [0, 0.1) is 10.1 Å². The van der Waals surface area contributed by atoms with E-state index in [0.717, 1.165) is 19.3 Å². The summed E-state index contributed by atoms with van der Waals surface area (Å²) in [6.45, 7) is 0. The van der Waals surface area contributed by atoms with Crippen molar-refractivity contribution in [1.29, 1.82) is 0 Å². The topological polar surface area (TPSA) is 92.5 Å². The lowest BCUT2D eigenvalue weighted by Crippen LogP contribution is -2.46. The summed E-state index contributed by atoms with van der Waals surface area (Å²) in [5, 5.41) is 22.7. The van der Waals surface area contributed by atoms with Gasteiger partial charge in [0.15, 0.2) is 0 Å². The van der Waals surface area contributed by atoms with Crippen LogP contribution in [0.15, 0.2) is 24.3 Å². The van der Waals surface area contributed by atoms with E-state index in [1.807, 2.05) is 0 Å². The predicted molar refractivity (Wildman–Crippen MR) is 65.6 cm³/mol. The van der Waals surface area contributed by atoms with Crippen molar-refractivity contribution in [3.63, 3.8) is 0 Å². The molecule has 0 heterocycles. The molecule has 1 aromatic rings. The lowest BCUT2D eigenvalue weighted by molar-refractivity contribution is -0.384. The Balaban J connectivity index is 2.14. The van der Waals surface area contributed by atoms with Crippen LogP contribution in [0.25, 0.3) is 0 Å². The summed E-state index contributed by atoms with van der Waals surface area (Å²) in [7, 11) is 0. The molecule has 0 atom stereocenters. The van der Waals surface area contributed by atoms with Gasteiger partial charge in [-0.3, -0.25) is 14.9 Å². The number of carbonyl (C=O) groups is 1. The number of nitrogens with one attached hydrogen (secondary N) is 1. The first kappa shape index (κ1) is 12.3. The standard InChI is InChI=1S/C12H14N2O4/c15-11(16)8-12(5-2-6-12)13-9-3-1-4-10(7-9)14(17)18/h1,3-4,7,13H,2,5-6,8H2,(H,15,16). The highest BCUT2D eigenvalue weighted by Crippen LogP contribution is 2.38. The second kappa shape index (κ2) is 4.64. The molecule has 0 aromatic heterocycles. The zero-order valence-electron chi connectivity index (χ0n) is 9.76. The van der Waals surface area contributed by atoms with Crippen LogP contribution in [0.2, 0.25) is 0 Å². The molecule has 0 spiro atoms. The van der Waals surface area contributed by atoms with Crippen molar-refractivity contribution in [3.05, 3.63) is 34.4 Å². The number of hydrogen-bond acceptors (Lipinski definition) is 4. The Kier molecular flexibility index (Phi) is 3.18. The Morgan fingerprint density at radius 1 is 1.50 bits per heavy atom. The molecule has 96 valence electrons. The molecule has 1 saturated carbocycles. The second-order valence-electron chi connectivity index (χ2n) is 4.64. The number of anilines is 1. The molecule has 2 N–H and O–H groups in total. The highest BCUT2D eigenvalue weighted by atomic mass is 16.6. The third-order valence-corrected chi connectivity index (χ3v) is 3.27. The van der Waals surface area contributed by atoms with Crippen LogP contribution in [-0.2, 0) is 4.79 Å². The Bertz CT molecular complexity index is 483. The van der Waals surface area contributed by atoms with E-state index in [-0.39, 0.29) is 12.1 Å². The van der Waals surface area contributed by atoms with E-state index < -0.39 is 16.4 Å². The zero-order chi connectivity index (χ0) is 13.2. The van der Waals surface area contributed by atoms with Gasteiger partial charge in [0.25, 0.3) is 5.69 Å². The number of nitro benzene ring substituents is 1. The first-order valence-corrected chi connectivity index (χ1v) is 5.75. The average Bonchev–Trinajstić information content (AvgIpc) is 2.25. The average molecular weight is 250 g/mol. The van der Waals surface area contributed by atoms with Crippen LogP contribution >= 0.6 is 0 Å². The summed E-state index contributed by atoms with van der Waals surface area (Å²) in [6.07, 6.45) is 2.58. The van der Waals surface area contributed by atoms with E-state index in [1.165, 1.54) is 12.1 Å². The Morgan fingerprint density at radius 2 is 2.22 bits per heavy atom. The van der Waals surface area contributed by atoms with Crippen LogP contribution in [0.5, 0.6) is 0 Å². The van der Waals surface area contributed by atoms with E-state index in [9.17, 15) is 14.9 Å². The zero-order valence-corrected chi connectivity index (χ0v) is 9.76. The van der Waals surface area contributed by atoms with E-state index in [4.69, 9.17) is 5.11 Å². The Labute approximate surface area is 104 Å². The van der Waals surface area contributed by atoms with E-state index in [2.05, 4.69) is 5.32 Å². The smallest absolute Gasteiger partial charge is 0.305 e. The van der Waals surface area contributed by atoms with Crippen molar-refractivity contribution in [1.82, 2.24) is 0 Å². The molecule has 1 aliphatic rings. The van der Waals surface area contributed by atoms with Gasteiger partial charge in [0.1, 0.15) is 0 Å². The molecule has 1 fully saturated rings. The van der Waals surface area contributed by atoms with Crippen molar-refractivity contribution in [2.45, 2.75) is 31.2 Å². The van der Waals surface area contributed by atoms with Crippen molar-refractivity contribution in [3.8, 4) is 0 Å². The number of carboxylic acid groups (broad SMARTS) is 1. The van der Waals surface area contributed by atoms with Gasteiger partial charge in [0.05, 0.1) is 11.3 Å². The van der Waals surface area contributed by atoms with Gasteiger partial charge >= 0.3 is 5.97 Å². The summed E-state index contributed by atoms with van der Waals surface area (Å²) < 4.78 is 0. The SMILES string of the molecule is O=C(O)CC1(Nc2cccc([N+](=O)[O-])c2)CCC1. The van der Waals surface area contributed by atoms with Gasteiger partial charge < -0.3 is 10.4 Å². The van der Waals surface area contributed by atoms with Crippen LogP contribution in [0.4, 0.5) is 11.4 Å². The molecule has 18 heavy (non-hydrogen) atoms. The molecule has 0 saturated heterocycles. The lowest BCUT2D eigenvalue weighted by atomic mass is 9.74. The van der Waals surface area contributed by atoms with Crippen LogP contribution < -0.4 is 5.32 Å². The number of nitrogens with zero attached hydrogens (tertiary/aromatic N) is 1. The minimum absolute atomic E-state index is 0.00444. The monoisotopic (exact) mass is 250 g/mol. The quantitative estimate of drug-likeness (QED) is 0.618. The van der Waals surface area contributed by atoms with Gasteiger partial charge in [-0.15, -0.1) is 0 Å². The van der Waals surface area contributed by atoms with Gasteiger partial charge in [-0.2, -0.15) is 0 Å². The fourth-order valence-electron chi connectivity index (χ4n) is 2.24. The minimum Gasteiger partial charge on any atom is -0.481 e. The van der Waals surface area contributed by atoms with Crippen LogP contribution in [-0.4, -0.2) is 21.5 Å². The molecule has 0 aliphatic heterocycles. The summed E-state index contributed by atoms with van der Waals surface area (Å²) in [6, 6.07) is 6.15. The van der Waals surface area contributed by atoms with Crippen molar-refractivity contribution < 1.29 is 14.8 Å². The van der Waals surface area contributed by atoms with E-state index in [0.29, 0.717) is 5.69 Å². The number of carboxylic acids is 1. The normalized spacial score (nSPS) is 16.7. The van der Waals surface area contributed by atoms with Crippen LogP contribution in [0.3, 0.4) is 0 Å². The third kappa shape index (κ3) is 2.58. The molecule has 0 radical (unpaired) electrons. The fraction of sp³-hybridized carbons (Fsp3) is 0.417. The highest BCUT2D eigenvalue weighted by Gasteiger charge is 2.39. The van der Waals surface area contributed by atoms with Gasteiger partial charge in [-0.25, -0.2) is 0 Å². The number of nitro groups is 1. The van der Waals surface area contributed by atoms with Crippen LogP contribution in [0.1, 0.15) is 25.7 Å².